The van der Waals surface area contributed by atoms with Crippen LogP contribution in [-0.2, 0) is 6.54 Å². The lowest BCUT2D eigenvalue weighted by molar-refractivity contribution is 0.800. The van der Waals surface area contributed by atoms with Gasteiger partial charge in [-0.25, -0.2) is 4.68 Å². The summed E-state index contributed by atoms with van der Waals surface area (Å²) >= 11 is 0. The Kier molecular flexibility index (Phi) is 2.28. The molecule has 1 aromatic carbocycles. The van der Waals surface area contributed by atoms with Gasteiger partial charge < -0.3 is 5.73 Å². The number of aromatic nitrogens is 3. The number of nitrogens with zero attached hydrogens (tertiary/aromatic N) is 3. The van der Waals surface area contributed by atoms with Crippen molar-refractivity contribution in [3.8, 4) is 5.69 Å². The molecule has 2 aromatic rings. The lowest BCUT2D eigenvalue weighted by Crippen LogP contribution is -2.02. The number of rotatable bonds is 2. The molecule has 0 aliphatic rings. The quantitative estimate of drug-likeness (QED) is 0.766. The van der Waals surface area contributed by atoms with Crippen LogP contribution in [0.2, 0.25) is 0 Å². The zero-order chi connectivity index (χ0) is 9.97. The molecule has 1 aromatic heterocycles. The second-order valence-electron chi connectivity index (χ2n) is 3.16. The standard InChI is InChI=1S/C10H12N4/c1-8-2-3-10(6-9(8)7-11)14-5-4-12-13-14/h2-6H,7,11H2,1H3. The van der Waals surface area contributed by atoms with Gasteiger partial charge in [-0.15, -0.1) is 5.10 Å². The summed E-state index contributed by atoms with van der Waals surface area (Å²) in [5, 5.41) is 7.68. The third-order valence-electron chi connectivity index (χ3n) is 2.24. The zero-order valence-corrected chi connectivity index (χ0v) is 8.01. The molecule has 0 saturated carbocycles. The van der Waals surface area contributed by atoms with Gasteiger partial charge in [-0.2, -0.15) is 0 Å². The highest BCUT2D eigenvalue weighted by molar-refractivity contribution is 5.39. The van der Waals surface area contributed by atoms with Crippen LogP contribution in [0.1, 0.15) is 11.1 Å². The Morgan fingerprint density at radius 3 is 2.93 bits per heavy atom. The molecule has 0 unspecified atom stereocenters. The summed E-state index contributed by atoms with van der Waals surface area (Å²) in [7, 11) is 0. The van der Waals surface area contributed by atoms with E-state index in [-0.39, 0.29) is 0 Å². The van der Waals surface area contributed by atoms with Gasteiger partial charge in [-0.3, -0.25) is 0 Å². The Bertz CT molecular complexity index is 420. The first-order chi connectivity index (χ1) is 6.81. The third kappa shape index (κ3) is 1.52. The van der Waals surface area contributed by atoms with Crippen molar-refractivity contribution in [1.82, 2.24) is 15.0 Å². The van der Waals surface area contributed by atoms with Gasteiger partial charge in [-0.1, -0.05) is 11.3 Å². The van der Waals surface area contributed by atoms with Crippen LogP contribution >= 0.6 is 0 Å². The molecule has 0 atom stereocenters. The van der Waals surface area contributed by atoms with Gasteiger partial charge in [0.2, 0.25) is 0 Å². The molecule has 0 bridgehead atoms. The predicted octanol–water partition coefficient (Wildman–Crippen LogP) is 1.03. The molecule has 2 N–H and O–H groups in total. The predicted molar refractivity (Wildman–Crippen MR) is 54.0 cm³/mol. The van der Waals surface area contributed by atoms with E-state index in [9.17, 15) is 0 Å². The highest BCUT2D eigenvalue weighted by Crippen LogP contribution is 2.13. The fraction of sp³-hybridized carbons (Fsp3) is 0.200. The summed E-state index contributed by atoms with van der Waals surface area (Å²) in [4.78, 5) is 0. The van der Waals surface area contributed by atoms with E-state index in [1.165, 1.54) is 5.56 Å². The summed E-state index contributed by atoms with van der Waals surface area (Å²) < 4.78 is 1.72. The second-order valence-corrected chi connectivity index (χ2v) is 3.16. The number of aryl methyl sites for hydroxylation is 1. The maximum Gasteiger partial charge on any atom is 0.0697 e. The van der Waals surface area contributed by atoms with Gasteiger partial charge >= 0.3 is 0 Å². The summed E-state index contributed by atoms with van der Waals surface area (Å²) in [6.45, 7) is 2.60. The molecular weight excluding hydrogens is 176 g/mol. The SMILES string of the molecule is Cc1ccc(-n2ccnn2)cc1CN. The first kappa shape index (κ1) is 8.90. The monoisotopic (exact) mass is 188 g/mol. The Morgan fingerprint density at radius 2 is 2.29 bits per heavy atom. The Morgan fingerprint density at radius 1 is 1.43 bits per heavy atom. The number of hydrogen-bond acceptors (Lipinski definition) is 3. The molecule has 72 valence electrons. The minimum absolute atomic E-state index is 0.550. The van der Waals surface area contributed by atoms with E-state index in [1.807, 2.05) is 31.3 Å². The topological polar surface area (TPSA) is 56.7 Å². The molecule has 0 fully saturated rings. The zero-order valence-electron chi connectivity index (χ0n) is 8.01. The van der Waals surface area contributed by atoms with Crippen LogP contribution in [-0.4, -0.2) is 15.0 Å². The van der Waals surface area contributed by atoms with Gasteiger partial charge in [0.05, 0.1) is 18.1 Å². The second kappa shape index (κ2) is 3.59. The fourth-order valence-corrected chi connectivity index (χ4v) is 1.37. The molecule has 4 nitrogen and oxygen atoms in total. The maximum absolute atomic E-state index is 5.63. The van der Waals surface area contributed by atoms with E-state index in [0.717, 1.165) is 11.3 Å². The largest absolute Gasteiger partial charge is 0.326 e. The van der Waals surface area contributed by atoms with Crippen molar-refractivity contribution in [3.63, 3.8) is 0 Å². The normalized spacial score (nSPS) is 10.4. The van der Waals surface area contributed by atoms with Crippen molar-refractivity contribution < 1.29 is 0 Å². The van der Waals surface area contributed by atoms with Crippen molar-refractivity contribution in [3.05, 3.63) is 41.7 Å². The molecular formula is C10H12N4. The van der Waals surface area contributed by atoms with E-state index in [1.54, 1.807) is 10.9 Å². The van der Waals surface area contributed by atoms with E-state index in [2.05, 4.69) is 10.3 Å². The first-order valence-corrected chi connectivity index (χ1v) is 4.47. The Labute approximate surface area is 82.4 Å². The highest BCUT2D eigenvalue weighted by atomic mass is 15.4. The summed E-state index contributed by atoms with van der Waals surface area (Å²) in [6.07, 6.45) is 3.47. The first-order valence-electron chi connectivity index (χ1n) is 4.47. The number of hydrogen-bond donors (Lipinski definition) is 1. The molecule has 0 radical (unpaired) electrons. The number of nitrogens with two attached hydrogens (primary N) is 1. The van der Waals surface area contributed by atoms with E-state index in [4.69, 9.17) is 5.73 Å². The average molecular weight is 188 g/mol. The van der Waals surface area contributed by atoms with Crippen molar-refractivity contribution in [1.29, 1.82) is 0 Å². The summed E-state index contributed by atoms with van der Waals surface area (Å²) in [5.41, 5.74) is 8.96. The van der Waals surface area contributed by atoms with Crippen LogP contribution in [0.25, 0.3) is 5.69 Å². The minimum Gasteiger partial charge on any atom is -0.326 e. The molecule has 2 rings (SSSR count). The van der Waals surface area contributed by atoms with Crippen LogP contribution in [0.3, 0.4) is 0 Å². The smallest absolute Gasteiger partial charge is 0.0697 e. The van der Waals surface area contributed by atoms with Gasteiger partial charge in [0.1, 0.15) is 0 Å². The Balaban J connectivity index is 2.46. The molecule has 0 aliphatic heterocycles. The van der Waals surface area contributed by atoms with Crippen molar-refractivity contribution in [2.45, 2.75) is 13.5 Å². The highest BCUT2D eigenvalue weighted by Gasteiger charge is 2.00. The van der Waals surface area contributed by atoms with E-state index in [0.29, 0.717) is 6.54 Å². The van der Waals surface area contributed by atoms with Gasteiger partial charge in [0, 0.05) is 6.54 Å². The molecule has 0 saturated heterocycles. The van der Waals surface area contributed by atoms with Crippen molar-refractivity contribution in [2.24, 2.45) is 5.73 Å². The van der Waals surface area contributed by atoms with E-state index < -0.39 is 0 Å². The third-order valence-corrected chi connectivity index (χ3v) is 2.24. The maximum atomic E-state index is 5.63. The van der Waals surface area contributed by atoms with Gasteiger partial charge in [0.15, 0.2) is 0 Å². The average Bonchev–Trinajstić information content (AvgIpc) is 2.71. The summed E-state index contributed by atoms with van der Waals surface area (Å²) in [6, 6.07) is 6.08. The molecule has 14 heavy (non-hydrogen) atoms. The van der Waals surface area contributed by atoms with Crippen LogP contribution in [0.5, 0.6) is 0 Å². The van der Waals surface area contributed by atoms with Gasteiger partial charge in [0.25, 0.3) is 0 Å². The molecule has 0 amide bonds. The van der Waals surface area contributed by atoms with Crippen LogP contribution in [0.15, 0.2) is 30.6 Å². The molecule has 0 spiro atoms. The molecule has 0 aliphatic carbocycles. The van der Waals surface area contributed by atoms with Crippen LogP contribution < -0.4 is 5.73 Å². The van der Waals surface area contributed by atoms with Gasteiger partial charge in [-0.05, 0) is 30.2 Å². The van der Waals surface area contributed by atoms with Crippen LogP contribution in [0.4, 0.5) is 0 Å². The van der Waals surface area contributed by atoms with Crippen molar-refractivity contribution >= 4 is 0 Å². The number of benzene rings is 1. The Hall–Kier alpha value is -1.68. The molecule has 1 heterocycles. The van der Waals surface area contributed by atoms with Crippen molar-refractivity contribution in [2.75, 3.05) is 0 Å². The van der Waals surface area contributed by atoms with Crippen LogP contribution in [0, 0.1) is 6.92 Å². The van der Waals surface area contributed by atoms with E-state index >= 15 is 0 Å². The summed E-state index contributed by atoms with van der Waals surface area (Å²) in [5.74, 6) is 0. The lowest BCUT2D eigenvalue weighted by Gasteiger charge is -2.05. The lowest BCUT2D eigenvalue weighted by atomic mass is 10.1. The minimum atomic E-state index is 0.550. The fourth-order valence-electron chi connectivity index (χ4n) is 1.37. The molecule has 4 heteroatoms.